The zero-order chi connectivity index (χ0) is 21.8. The third-order valence-corrected chi connectivity index (χ3v) is 7.82. The number of hydrogen-bond acceptors (Lipinski definition) is 8. The molecule has 1 aliphatic rings. The summed E-state index contributed by atoms with van der Waals surface area (Å²) in [6, 6.07) is 13.7. The predicted octanol–water partition coefficient (Wildman–Crippen LogP) is 4.87. The maximum Gasteiger partial charge on any atom is 0.267 e. The molecule has 0 bridgehead atoms. The Hall–Kier alpha value is -2.70. The van der Waals surface area contributed by atoms with Gasteiger partial charge in [-0.3, -0.25) is 18.5 Å². The van der Waals surface area contributed by atoms with Crippen LogP contribution in [0.25, 0.3) is 11.0 Å². The molecule has 0 saturated carbocycles. The number of aromatic hydroxyl groups is 1. The molecule has 158 valence electrons. The Kier molecular flexibility index (Phi) is 4.87. The van der Waals surface area contributed by atoms with Crippen LogP contribution in [0.3, 0.4) is 0 Å². The number of pyridine rings is 2. The lowest BCUT2D eigenvalue weighted by atomic mass is 10.1. The van der Waals surface area contributed by atoms with Gasteiger partial charge in [-0.05, 0) is 52.3 Å². The lowest BCUT2D eigenvalue weighted by Gasteiger charge is -2.34. The van der Waals surface area contributed by atoms with Crippen LogP contribution >= 0.6 is 38.0 Å². The van der Waals surface area contributed by atoms with Gasteiger partial charge in [-0.15, -0.1) is 15.7 Å². The first-order valence-corrected chi connectivity index (χ1v) is 12.2. The average Bonchev–Trinajstić information content (AvgIpc) is 3.16. The molecule has 0 radical (unpaired) electrons. The molecule has 4 aromatic rings. The summed E-state index contributed by atoms with van der Waals surface area (Å²) in [7, 11) is -3.55. The summed E-state index contributed by atoms with van der Waals surface area (Å²) in [5.41, 5.74) is 0.0349. The monoisotopic (exact) mass is 518 g/mol. The number of amidine groups is 1. The smallest absolute Gasteiger partial charge is 0.267 e. The van der Waals surface area contributed by atoms with Gasteiger partial charge < -0.3 is 10.4 Å². The molecule has 1 aliphatic heterocycles. The molecule has 0 saturated heterocycles. The molecule has 0 unspecified atom stereocenters. The van der Waals surface area contributed by atoms with E-state index in [0.717, 1.165) is 8.66 Å². The number of halogens is 1. The molecule has 8 nitrogen and oxygen atoms in total. The minimum absolute atomic E-state index is 0.104. The van der Waals surface area contributed by atoms with E-state index in [1.165, 1.54) is 15.9 Å². The van der Waals surface area contributed by atoms with E-state index < -0.39 is 16.3 Å². The van der Waals surface area contributed by atoms with Crippen molar-refractivity contribution in [1.29, 1.82) is 0 Å². The summed E-state index contributed by atoms with van der Waals surface area (Å²) >= 11 is 4.90. The van der Waals surface area contributed by atoms with Crippen molar-refractivity contribution in [1.82, 2.24) is 9.55 Å². The van der Waals surface area contributed by atoms with Crippen molar-refractivity contribution < 1.29 is 14.2 Å². The Morgan fingerprint density at radius 3 is 2.71 bits per heavy atom. The fourth-order valence-corrected chi connectivity index (χ4v) is 6.10. The van der Waals surface area contributed by atoms with Gasteiger partial charge in [0.1, 0.15) is 21.9 Å². The van der Waals surface area contributed by atoms with Crippen LogP contribution in [0.2, 0.25) is 0 Å². The van der Waals surface area contributed by atoms with Gasteiger partial charge in [0.15, 0.2) is 5.84 Å². The molecule has 0 amide bonds. The topological polar surface area (TPSA) is 120 Å². The van der Waals surface area contributed by atoms with Crippen LogP contribution in [0.5, 0.6) is 5.75 Å². The normalized spacial score (nSPS) is 15.8. The van der Waals surface area contributed by atoms with E-state index in [9.17, 15) is 19.0 Å². The highest BCUT2D eigenvalue weighted by molar-refractivity contribution is 9.11. The minimum Gasteiger partial charge on any atom is -0.506 e. The van der Waals surface area contributed by atoms with Crippen molar-refractivity contribution in [3.05, 3.63) is 79.3 Å². The number of aromatic nitrogens is 2. The van der Waals surface area contributed by atoms with Gasteiger partial charge in [0.05, 0.1) is 21.4 Å². The maximum atomic E-state index is 13.5. The third-order valence-electron chi connectivity index (χ3n) is 4.83. The van der Waals surface area contributed by atoms with Crippen LogP contribution < -0.4 is 10.9 Å². The van der Waals surface area contributed by atoms with Crippen molar-refractivity contribution in [2.24, 2.45) is 4.40 Å². The number of hydrogen-bond donors (Lipinski definition) is 4. The second-order valence-electron chi connectivity index (χ2n) is 6.78. The molecule has 0 spiro atoms. The van der Waals surface area contributed by atoms with Gasteiger partial charge in [-0.2, -0.15) is 0 Å². The molecule has 0 aliphatic carbocycles. The predicted molar refractivity (Wildman–Crippen MR) is 127 cm³/mol. The van der Waals surface area contributed by atoms with Crippen LogP contribution in [0.15, 0.2) is 72.6 Å². The van der Waals surface area contributed by atoms with Crippen LogP contribution in [0.4, 0.5) is 5.69 Å². The lowest BCUT2D eigenvalue weighted by Crippen LogP contribution is -2.32. The van der Waals surface area contributed by atoms with Crippen molar-refractivity contribution >= 4 is 60.6 Å². The Balaban J connectivity index is 1.75. The van der Waals surface area contributed by atoms with Gasteiger partial charge in [0.25, 0.3) is 5.56 Å². The summed E-state index contributed by atoms with van der Waals surface area (Å²) in [6.45, 7) is 0.232. The quantitative estimate of drug-likeness (QED) is 0.307. The third kappa shape index (κ3) is 3.44. The van der Waals surface area contributed by atoms with Crippen molar-refractivity contribution in [2.75, 3.05) is 5.32 Å². The highest BCUT2D eigenvalue weighted by atomic mass is 79.9. The Labute approximate surface area is 190 Å². The lowest BCUT2D eigenvalue weighted by molar-refractivity contribution is 0.477. The van der Waals surface area contributed by atoms with E-state index in [0.29, 0.717) is 16.7 Å². The van der Waals surface area contributed by atoms with Gasteiger partial charge >= 0.3 is 0 Å². The van der Waals surface area contributed by atoms with E-state index in [-0.39, 0.29) is 28.6 Å². The molecule has 4 N–H and O–H groups in total. The highest BCUT2D eigenvalue weighted by Gasteiger charge is 2.30. The minimum atomic E-state index is -3.55. The molecule has 11 heteroatoms. The van der Waals surface area contributed by atoms with E-state index in [4.69, 9.17) is 0 Å². The van der Waals surface area contributed by atoms with Crippen molar-refractivity contribution in [2.45, 2.75) is 11.4 Å². The van der Waals surface area contributed by atoms with Crippen molar-refractivity contribution in [3.8, 4) is 5.75 Å². The van der Waals surface area contributed by atoms with E-state index in [2.05, 4.69) is 30.6 Å². The van der Waals surface area contributed by atoms with E-state index in [1.807, 2.05) is 12.1 Å². The summed E-state index contributed by atoms with van der Waals surface area (Å²) < 4.78 is 27.5. The fraction of sp³-hybridized carbons (Fsp3) is 0.0500. The summed E-state index contributed by atoms with van der Waals surface area (Å²) in [4.78, 5) is 19.0. The summed E-state index contributed by atoms with van der Waals surface area (Å²) in [6.07, 6.45) is 1.55. The number of benzene rings is 1. The molecule has 5 rings (SSSR count). The van der Waals surface area contributed by atoms with Crippen LogP contribution in [0.1, 0.15) is 10.4 Å². The number of anilines is 1. The number of fused-ring (bicyclic) bond motifs is 2. The summed E-state index contributed by atoms with van der Waals surface area (Å²) in [5.74, 6) is -0.425. The number of nitrogens with one attached hydrogen (secondary N) is 1. The molecule has 0 fully saturated rings. The highest BCUT2D eigenvalue weighted by Crippen LogP contribution is 2.55. The fourth-order valence-electron chi connectivity index (χ4n) is 3.46. The second kappa shape index (κ2) is 7.46. The number of para-hydroxylation sites is 1. The molecular weight excluding hydrogens is 504 g/mol. The Morgan fingerprint density at radius 1 is 1.13 bits per heavy atom. The molecule has 0 atom stereocenters. The second-order valence-corrected chi connectivity index (χ2v) is 11.0. The number of rotatable bonds is 3. The molecule has 4 heterocycles. The van der Waals surface area contributed by atoms with E-state index in [1.54, 1.807) is 42.6 Å². The zero-order valence-corrected chi connectivity index (χ0v) is 18.9. The molecule has 3 aromatic heterocycles. The zero-order valence-electron chi connectivity index (χ0n) is 15.7. The first-order valence-electron chi connectivity index (χ1n) is 9.04. The number of thiophene rings is 1. The molecule has 1 aromatic carbocycles. The van der Waals surface area contributed by atoms with Gasteiger partial charge in [-0.25, -0.2) is 4.98 Å². The molecule has 31 heavy (non-hydrogen) atoms. The van der Waals surface area contributed by atoms with Crippen LogP contribution in [-0.2, 0) is 6.54 Å². The van der Waals surface area contributed by atoms with Crippen LogP contribution in [0, 0.1) is 0 Å². The first-order chi connectivity index (χ1) is 14.8. The molecular formula is C20H15BrN4O4S2. The average molecular weight is 519 g/mol. The Morgan fingerprint density at radius 2 is 1.94 bits per heavy atom. The first kappa shape index (κ1) is 20.2. The van der Waals surface area contributed by atoms with Crippen LogP contribution in [-0.4, -0.2) is 29.6 Å². The SMILES string of the molecule is O=c1c(C2=NS(O)(O)c3ccccc3N2)c(O)c2cccnc2n1Cc1ccc(Br)s1. The maximum absolute atomic E-state index is 13.5. The van der Waals surface area contributed by atoms with E-state index >= 15 is 0 Å². The van der Waals surface area contributed by atoms with Gasteiger partial charge in [0, 0.05) is 11.1 Å². The standard InChI is InChI=1S/C20H15BrN4O4S2/c21-15-8-7-11(30-15)10-25-19-12(4-3-9-22-19)17(26)16(20(25)27)18-23-13-5-1-2-6-14(13)31(28,29)24-18/h1-9,26,28-29H,10H2,(H,23,24). The number of nitrogens with zero attached hydrogens (tertiary/aromatic N) is 3. The largest absolute Gasteiger partial charge is 0.506 e. The van der Waals surface area contributed by atoms with Crippen molar-refractivity contribution in [3.63, 3.8) is 0 Å². The Bertz CT molecular complexity index is 1430. The van der Waals surface area contributed by atoms with Gasteiger partial charge in [-0.1, -0.05) is 22.9 Å². The summed E-state index contributed by atoms with van der Waals surface area (Å²) in [5, 5.41) is 14.3. The van der Waals surface area contributed by atoms with Gasteiger partial charge in [0.2, 0.25) is 0 Å².